The largest absolute Gasteiger partial charge is 0.385 e. The normalized spacial score (nSPS) is 11.0. The molecule has 0 fully saturated rings. The fraction of sp³-hybridized carbons (Fsp3) is 0.400. The second-order valence-corrected chi connectivity index (χ2v) is 5.61. The maximum absolute atomic E-state index is 13.8. The number of aromatic nitrogens is 1. The van der Waals surface area contributed by atoms with E-state index in [1.165, 1.54) is 17.4 Å². The van der Waals surface area contributed by atoms with Gasteiger partial charge in [0.2, 0.25) is 0 Å². The van der Waals surface area contributed by atoms with Crippen molar-refractivity contribution in [1.82, 2.24) is 4.98 Å². The van der Waals surface area contributed by atoms with Crippen molar-refractivity contribution in [2.75, 3.05) is 20.3 Å². The van der Waals surface area contributed by atoms with Gasteiger partial charge in [-0.1, -0.05) is 0 Å². The molecule has 0 aliphatic rings. The van der Waals surface area contributed by atoms with Gasteiger partial charge in [-0.3, -0.25) is 0 Å². The van der Waals surface area contributed by atoms with Crippen LogP contribution in [0.4, 0.5) is 4.39 Å². The third-order valence-corrected chi connectivity index (χ3v) is 4.09. The predicted octanol–water partition coefficient (Wildman–Crippen LogP) is 4.24. The van der Waals surface area contributed by atoms with Gasteiger partial charge in [-0.15, -0.1) is 22.9 Å². The average Bonchev–Trinajstić information content (AvgIpc) is 2.98. The molecule has 0 spiro atoms. The lowest BCUT2D eigenvalue weighted by atomic mass is 10.1. The Labute approximate surface area is 132 Å². The minimum Gasteiger partial charge on any atom is -0.385 e. The molecule has 0 atom stereocenters. The van der Waals surface area contributed by atoms with Crippen molar-refractivity contribution in [3.63, 3.8) is 0 Å². The Kier molecular flexibility index (Phi) is 6.57. The zero-order valence-electron chi connectivity index (χ0n) is 11.8. The van der Waals surface area contributed by atoms with E-state index >= 15 is 0 Å². The first kappa shape index (κ1) is 16.4. The van der Waals surface area contributed by atoms with Crippen molar-refractivity contribution in [2.45, 2.75) is 18.9 Å². The summed E-state index contributed by atoms with van der Waals surface area (Å²) >= 11 is 7.25. The van der Waals surface area contributed by atoms with Crippen molar-refractivity contribution in [3.05, 3.63) is 40.7 Å². The van der Waals surface area contributed by atoms with Crippen molar-refractivity contribution >= 4 is 22.9 Å². The van der Waals surface area contributed by atoms with Gasteiger partial charge in [0.05, 0.1) is 18.2 Å². The molecular weight excluding hydrogens is 313 g/mol. The number of benzene rings is 1. The zero-order chi connectivity index (χ0) is 15.1. The van der Waals surface area contributed by atoms with Crippen molar-refractivity contribution < 1.29 is 13.9 Å². The van der Waals surface area contributed by atoms with Crippen LogP contribution in [0.1, 0.15) is 17.7 Å². The Morgan fingerprint density at radius 3 is 2.90 bits per heavy atom. The molecule has 2 rings (SSSR count). The molecule has 114 valence electrons. The number of nitrogens with zero attached hydrogens (tertiary/aromatic N) is 1. The van der Waals surface area contributed by atoms with Crippen LogP contribution in [-0.2, 0) is 22.0 Å². The Morgan fingerprint density at radius 2 is 2.19 bits per heavy atom. The molecule has 3 nitrogen and oxygen atoms in total. The monoisotopic (exact) mass is 329 g/mol. The van der Waals surface area contributed by atoms with Gasteiger partial charge in [0.25, 0.3) is 0 Å². The topological polar surface area (TPSA) is 31.4 Å². The Bertz CT molecular complexity index is 577. The molecule has 0 aliphatic carbocycles. The van der Waals surface area contributed by atoms with Crippen molar-refractivity contribution in [3.8, 4) is 10.6 Å². The summed E-state index contributed by atoms with van der Waals surface area (Å²) in [7, 11) is 1.65. The standard InChI is InChI=1S/C15H17ClFNO2S/c1-19-5-2-6-20-9-12-7-11(3-4-14(12)17)15-18-13(8-16)10-21-15/h3-4,7,10H,2,5-6,8-9H2,1H3. The summed E-state index contributed by atoms with van der Waals surface area (Å²) in [6.45, 7) is 1.44. The molecule has 0 saturated heterocycles. The van der Waals surface area contributed by atoms with Crippen molar-refractivity contribution in [2.24, 2.45) is 0 Å². The number of halogens is 2. The van der Waals surface area contributed by atoms with E-state index < -0.39 is 0 Å². The van der Waals surface area contributed by atoms with E-state index in [1.54, 1.807) is 19.2 Å². The summed E-state index contributed by atoms with van der Waals surface area (Å²) in [6, 6.07) is 4.95. The highest BCUT2D eigenvalue weighted by Crippen LogP contribution is 2.26. The first-order valence-corrected chi connectivity index (χ1v) is 8.02. The van der Waals surface area contributed by atoms with Crippen LogP contribution in [0.25, 0.3) is 10.6 Å². The lowest BCUT2D eigenvalue weighted by Crippen LogP contribution is -2.01. The Balaban J connectivity index is 2.02. The molecule has 1 heterocycles. The second kappa shape index (κ2) is 8.44. The van der Waals surface area contributed by atoms with E-state index in [4.69, 9.17) is 21.1 Å². The van der Waals surface area contributed by atoms with E-state index in [0.717, 1.165) is 22.7 Å². The summed E-state index contributed by atoms with van der Waals surface area (Å²) in [6.07, 6.45) is 0.795. The van der Waals surface area contributed by atoms with Gasteiger partial charge in [0.1, 0.15) is 10.8 Å². The maximum Gasteiger partial charge on any atom is 0.128 e. The molecule has 2 aromatic rings. The van der Waals surface area contributed by atoms with Gasteiger partial charge in [-0.25, -0.2) is 9.37 Å². The van der Waals surface area contributed by atoms with Crippen molar-refractivity contribution in [1.29, 1.82) is 0 Å². The first-order valence-electron chi connectivity index (χ1n) is 6.60. The molecule has 1 aromatic carbocycles. The fourth-order valence-corrected chi connectivity index (χ4v) is 2.85. The minimum absolute atomic E-state index is 0.247. The number of hydrogen-bond donors (Lipinski definition) is 0. The molecule has 0 saturated carbocycles. The second-order valence-electron chi connectivity index (χ2n) is 4.48. The van der Waals surface area contributed by atoms with Crippen LogP contribution in [-0.4, -0.2) is 25.3 Å². The van der Waals surface area contributed by atoms with Crippen LogP contribution in [0.3, 0.4) is 0 Å². The number of ether oxygens (including phenoxy) is 2. The van der Waals surface area contributed by atoms with E-state index in [0.29, 0.717) is 24.7 Å². The first-order chi connectivity index (χ1) is 10.2. The fourth-order valence-electron chi connectivity index (χ4n) is 1.81. The van der Waals surface area contributed by atoms with Crippen LogP contribution in [0.2, 0.25) is 0 Å². The van der Waals surface area contributed by atoms with E-state index in [2.05, 4.69) is 4.98 Å². The molecule has 0 bridgehead atoms. The highest BCUT2D eigenvalue weighted by Gasteiger charge is 2.09. The average molecular weight is 330 g/mol. The molecule has 0 unspecified atom stereocenters. The lowest BCUT2D eigenvalue weighted by molar-refractivity contribution is 0.0913. The van der Waals surface area contributed by atoms with Gasteiger partial charge < -0.3 is 9.47 Å². The van der Waals surface area contributed by atoms with E-state index in [1.807, 2.05) is 5.38 Å². The van der Waals surface area contributed by atoms with Crippen LogP contribution in [0, 0.1) is 5.82 Å². The highest BCUT2D eigenvalue weighted by molar-refractivity contribution is 7.13. The number of hydrogen-bond acceptors (Lipinski definition) is 4. The summed E-state index contributed by atoms with van der Waals surface area (Å²) in [5, 5.41) is 2.75. The summed E-state index contributed by atoms with van der Waals surface area (Å²) in [5.41, 5.74) is 2.25. The third kappa shape index (κ3) is 4.74. The molecule has 6 heteroatoms. The number of methoxy groups -OCH3 is 1. The predicted molar refractivity (Wildman–Crippen MR) is 83.2 cm³/mol. The molecule has 21 heavy (non-hydrogen) atoms. The van der Waals surface area contributed by atoms with E-state index in [-0.39, 0.29) is 12.4 Å². The maximum atomic E-state index is 13.8. The van der Waals surface area contributed by atoms with E-state index in [9.17, 15) is 4.39 Å². The van der Waals surface area contributed by atoms with Crippen LogP contribution in [0.5, 0.6) is 0 Å². The summed E-state index contributed by atoms with van der Waals surface area (Å²) < 4.78 is 24.2. The molecule has 0 radical (unpaired) electrons. The molecule has 1 aromatic heterocycles. The molecule has 0 N–H and O–H groups in total. The van der Waals surface area contributed by atoms with Gasteiger partial charge in [0.15, 0.2) is 0 Å². The SMILES string of the molecule is COCCCOCc1cc(-c2nc(CCl)cs2)ccc1F. The Hall–Kier alpha value is -1.01. The number of alkyl halides is 1. The molecule has 0 amide bonds. The van der Waals surface area contributed by atoms with Crippen LogP contribution < -0.4 is 0 Å². The van der Waals surface area contributed by atoms with Gasteiger partial charge in [-0.05, 0) is 24.6 Å². The quantitative estimate of drug-likeness (QED) is 0.536. The van der Waals surface area contributed by atoms with Crippen LogP contribution >= 0.6 is 22.9 Å². The number of thiazole rings is 1. The summed E-state index contributed by atoms with van der Waals surface area (Å²) in [4.78, 5) is 4.40. The zero-order valence-corrected chi connectivity index (χ0v) is 13.3. The van der Waals surface area contributed by atoms with Crippen LogP contribution in [0.15, 0.2) is 23.6 Å². The summed E-state index contributed by atoms with van der Waals surface area (Å²) in [5.74, 6) is 0.118. The lowest BCUT2D eigenvalue weighted by Gasteiger charge is -2.07. The Morgan fingerprint density at radius 1 is 1.33 bits per heavy atom. The third-order valence-electron chi connectivity index (χ3n) is 2.88. The minimum atomic E-state index is -0.264. The smallest absolute Gasteiger partial charge is 0.128 e. The molecule has 0 aliphatic heterocycles. The highest BCUT2D eigenvalue weighted by atomic mass is 35.5. The molecular formula is C15H17ClFNO2S. The van der Waals surface area contributed by atoms with Gasteiger partial charge in [-0.2, -0.15) is 0 Å². The van der Waals surface area contributed by atoms with Gasteiger partial charge >= 0.3 is 0 Å². The number of rotatable bonds is 8. The van der Waals surface area contributed by atoms with Gasteiger partial charge in [0, 0.05) is 36.8 Å².